The lowest BCUT2D eigenvalue weighted by atomic mass is 10.1. The van der Waals surface area contributed by atoms with E-state index in [1.165, 1.54) is 0 Å². The summed E-state index contributed by atoms with van der Waals surface area (Å²) in [6.07, 6.45) is 1.60. The molecule has 0 aliphatic rings. The molecule has 2 rings (SSSR count). The molecule has 0 fully saturated rings. The second-order valence-electron chi connectivity index (χ2n) is 3.82. The van der Waals surface area contributed by atoms with Gasteiger partial charge in [-0.15, -0.1) is 0 Å². The van der Waals surface area contributed by atoms with Crippen molar-refractivity contribution in [1.29, 1.82) is 5.26 Å². The minimum Gasteiger partial charge on any atom is -0.497 e. The molecule has 0 saturated heterocycles. The van der Waals surface area contributed by atoms with E-state index in [9.17, 15) is 0 Å². The molecule has 0 radical (unpaired) electrons. The maximum atomic E-state index is 8.98. The number of methoxy groups -OCH3 is 1. The number of rotatable bonds is 3. The summed E-state index contributed by atoms with van der Waals surface area (Å²) in [5, 5.41) is 12.2. The van der Waals surface area contributed by atoms with Crippen LogP contribution in [-0.2, 0) is 0 Å². The summed E-state index contributed by atoms with van der Waals surface area (Å²) in [5.74, 6) is 0.810. The summed E-state index contributed by atoms with van der Waals surface area (Å²) >= 11 is 0. The van der Waals surface area contributed by atoms with Gasteiger partial charge in [-0.1, -0.05) is 0 Å². The number of nitriles is 1. The average Bonchev–Trinajstić information content (AvgIpc) is 2.41. The van der Waals surface area contributed by atoms with E-state index in [0.29, 0.717) is 11.4 Å². The van der Waals surface area contributed by atoms with Crippen LogP contribution in [0.15, 0.2) is 36.5 Å². The molecule has 18 heavy (non-hydrogen) atoms. The van der Waals surface area contributed by atoms with Gasteiger partial charge in [0, 0.05) is 11.9 Å². The molecule has 1 N–H and O–H groups in total. The van der Waals surface area contributed by atoms with Gasteiger partial charge in [-0.25, -0.2) is 4.98 Å². The van der Waals surface area contributed by atoms with Crippen LogP contribution in [0, 0.1) is 18.3 Å². The Bertz CT molecular complexity index is 602. The SMILES string of the molecule is COc1ccc(Nc2cccnc2C#N)c(C)c1. The highest BCUT2D eigenvalue weighted by Gasteiger charge is 2.05. The number of ether oxygens (including phenoxy) is 1. The summed E-state index contributed by atoms with van der Waals surface area (Å²) < 4.78 is 5.15. The summed E-state index contributed by atoms with van der Waals surface area (Å²) in [4.78, 5) is 4.01. The Balaban J connectivity index is 2.32. The van der Waals surface area contributed by atoms with E-state index in [-0.39, 0.29) is 0 Å². The van der Waals surface area contributed by atoms with Gasteiger partial charge in [0.25, 0.3) is 0 Å². The van der Waals surface area contributed by atoms with Crippen molar-refractivity contribution in [2.75, 3.05) is 12.4 Å². The molecule has 0 saturated carbocycles. The van der Waals surface area contributed by atoms with Crippen LogP contribution in [0.4, 0.5) is 11.4 Å². The van der Waals surface area contributed by atoms with Gasteiger partial charge in [0.2, 0.25) is 0 Å². The van der Waals surface area contributed by atoms with Crippen molar-refractivity contribution >= 4 is 11.4 Å². The minimum atomic E-state index is 0.382. The van der Waals surface area contributed by atoms with E-state index in [1.54, 1.807) is 19.4 Å². The van der Waals surface area contributed by atoms with Crippen molar-refractivity contribution in [3.8, 4) is 11.8 Å². The molecular formula is C14H13N3O. The quantitative estimate of drug-likeness (QED) is 0.894. The van der Waals surface area contributed by atoms with Crippen LogP contribution in [0.3, 0.4) is 0 Å². The molecular weight excluding hydrogens is 226 g/mol. The van der Waals surface area contributed by atoms with Crippen LogP contribution in [0.2, 0.25) is 0 Å². The van der Waals surface area contributed by atoms with Gasteiger partial charge in [0.05, 0.1) is 12.8 Å². The van der Waals surface area contributed by atoms with Crippen molar-refractivity contribution < 1.29 is 4.74 Å². The molecule has 0 amide bonds. The number of pyridine rings is 1. The van der Waals surface area contributed by atoms with E-state index < -0.39 is 0 Å². The van der Waals surface area contributed by atoms with Crippen LogP contribution in [-0.4, -0.2) is 12.1 Å². The second kappa shape index (κ2) is 5.19. The van der Waals surface area contributed by atoms with Gasteiger partial charge in [0.15, 0.2) is 5.69 Å². The minimum absolute atomic E-state index is 0.382. The van der Waals surface area contributed by atoms with Crippen molar-refractivity contribution in [1.82, 2.24) is 4.98 Å². The first-order valence-corrected chi connectivity index (χ1v) is 5.51. The van der Waals surface area contributed by atoms with Crippen molar-refractivity contribution in [3.63, 3.8) is 0 Å². The fourth-order valence-corrected chi connectivity index (χ4v) is 1.64. The number of nitrogens with zero attached hydrogens (tertiary/aromatic N) is 2. The van der Waals surface area contributed by atoms with Gasteiger partial charge in [0.1, 0.15) is 11.8 Å². The summed E-state index contributed by atoms with van der Waals surface area (Å²) in [7, 11) is 1.64. The number of aryl methyl sites for hydroxylation is 1. The van der Waals surface area contributed by atoms with E-state index in [1.807, 2.05) is 31.2 Å². The Morgan fingerprint density at radius 2 is 2.11 bits per heavy atom. The molecule has 4 heteroatoms. The highest BCUT2D eigenvalue weighted by Crippen LogP contribution is 2.25. The standard InChI is InChI=1S/C14H13N3O/c1-10-8-11(18-2)5-6-12(10)17-13-4-3-7-16-14(13)9-15/h3-8,17H,1-2H3. The van der Waals surface area contributed by atoms with Gasteiger partial charge < -0.3 is 10.1 Å². The lowest BCUT2D eigenvalue weighted by molar-refractivity contribution is 0.414. The van der Waals surface area contributed by atoms with E-state index in [0.717, 1.165) is 17.0 Å². The van der Waals surface area contributed by atoms with Gasteiger partial charge in [-0.3, -0.25) is 0 Å². The Labute approximate surface area is 106 Å². The van der Waals surface area contributed by atoms with Crippen molar-refractivity contribution in [2.45, 2.75) is 6.92 Å². The monoisotopic (exact) mass is 239 g/mol. The third-order valence-electron chi connectivity index (χ3n) is 2.62. The average molecular weight is 239 g/mol. The first kappa shape index (κ1) is 11.9. The molecule has 0 atom stereocenters. The van der Waals surface area contributed by atoms with Crippen molar-refractivity contribution in [2.24, 2.45) is 0 Å². The first-order chi connectivity index (χ1) is 8.74. The number of hydrogen-bond donors (Lipinski definition) is 1. The van der Waals surface area contributed by atoms with Gasteiger partial charge in [-0.2, -0.15) is 5.26 Å². The normalized spacial score (nSPS) is 9.61. The smallest absolute Gasteiger partial charge is 0.163 e. The van der Waals surface area contributed by atoms with E-state index >= 15 is 0 Å². The summed E-state index contributed by atoms with van der Waals surface area (Å²) in [6.45, 7) is 1.98. The zero-order valence-corrected chi connectivity index (χ0v) is 10.3. The maximum absolute atomic E-state index is 8.98. The Morgan fingerprint density at radius 1 is 1.28 bits per heavy atom. The third kappa shape index (κ3) is 2.41. The van der Waals surface area contributed by atoms with E-state index in [4.69, 9.17) is 10.00 Å². The molecule has 0 aliphatic heterocycles. The molecule has 0 unspecified atom stereocenters. The maximum Gasteiger partial charge on any atom is 0.163 e. The predicted octanol–water partition coefficient (Wildman–Crippen LogP) is 3.01. The third-order valence-corrected chi connectivity index (χ3v) is 2.62. The molecule has 0 bridgehead atoms. The lowest BCUT2D eigenvalue weighted by Crippen LogP contribution is -1.97. The van der Waals surface area contributed by atoms with Crippen molar-refractivity contribution in [3.05, 3.63) is 47.8 Å². The van der Waals surface area contributed by atoms with Gasteiger partial charge in [-0.05, 0) is 42.8 Å². The zero-order valence-electron chi connectivity index (χ0n) is 10.3. The van der Waals surface area contributed by atoms with Crippen LogP contribution >= 0.6 is 0 Å². The fourth-order valence-electron chi connectivity index (χ4n) is 1.64. The number of nitrogens with one attached hydrogen (secondary N) is 1. The molecule has 0 spiro atoms. The fraction of sp³-hybridized carbons (Fsp3) is 0.143. The molecule has 0 aliphatic carbocycles. The predicted molar refractivity (Wildman–Crippen MR) is 70.0 cm³/mol. The first-order valence-electron chi connectivity index (χ1n) is 5.51. The zero-order chi connectivity index (χ0) is 13.0. The van der Waals surface area contributed by atoms with Crippen LogP contribution < -0.4 is 10.1 Å². The highest BCUT2D eigenvalue weighted by molar-refractivity contribution is 5.67. The van der Waals surface area contributed by atoms with E-state index in [2.05, 4.69) is 16.4 Å². The van der Waals surface area contributed by atoms with Crippen LogP contribution in [0.25, 0.3) is 0 Å². The molecule has 1 aromatic heterocycles. The highest BCUT2D eigenvalue weighted by atomic mass is 16.5. The molecule has 4 nitrogen and oxygen atoms in total. The number of aromatic nitrogens is 1. The topological polar surface area (TPSA) is 57.9 Å². The molecule has 1 heterocycles. The second-order valence-corrected chi connectivity index (χ2v) is 3.82. The Hall–Kier alpha value is -2.54. The number of anilines is 2. The van der Waals surface area contributed by atoms with Crippen LogP contribution in [0.5, 0.6) is 5.75 Å². The lowest BCUT2D eigenvalue weighted by Gasteiger charge is -2.11. The molecule has 1 aromatic carbocycles. The summed E-state index contributed by atoms with van der Waals surface area (Å²) in [5.41, 5.74) is 3.06. The largest absolute Gasteiger partial charge is 0.497 e. The number of benzene rings is 1. The molecule has 90 valence electrons. The Morgan fingerprint density at radius 3 is 2.78 bits per heavy atom. The summed E-state index contributed by atoms with van der Waals surface area (Å²) in [6, 6.07) is 11.4. The number of hydrogen-bond acceptors (Lipinski definition) is 4. The van der Waals surface area contributed by atoms with Crippen LogP contribution in [0.1, 0.15) is 11.3 Å². The molecule has 2 aromatic rings. The Kier molecular flexibility index (Phi) is 3.44. The van der Waals surface area contributed by atoms with Gasteiger partial charge >= 0.3 is 0 Å².